The van der Waals surface area contributed by atoms with E-state index in [0.717, 1.165) is 6.07 Å². The average Bonchev–Trinajstić information content (AvgIpc) is 2.45. The van der Waals surface area contributed by atoms with Crippen LogP contribution in [0.1, 0.15) is 26.3 Å². The van der Waals surface area contributed by atoms with E-state index in [-0.39, 0.29) is 23.4 Å². The molecular formula is C15H12FNO4. The topological polar surface area (TPSA) is 89.6 Å². The van der Waals surface area contributed by atoms with Crippen molar-refractivity contribution in [3.63, 3.8) is 0 Å². The molecule has 0 heterocycles. The van der Waals surface area contributed by atoms with Crippen LogP contribution < -0.4 is 5.73 Å². The summed E-state index contributed by atoms with van der Waals surface area (Å²) in [6.07, 6.45) is 0. The Morgan fingerprint density at radius 2 is 1.81 bits per heavy atom. The zero-order chi connectivity index (χ0) is 15.4. The molecule has 0 amide bonds. The number of benzene rings is 2. The van der Waals surface area contributed by atoms with Crippen molar-refractivity contribution in [2.45, 2.75) is 6.61 Å². The molecule has 0 unspecified atom stereocenters. The van der Waals surface area contributed by atoms with Crippen LogP contribution in [-0.2, 0) is 11.3 Å². The van der Waals surface area contributed by atoms with Gasteiger partial charge in [0.05, 0.1) is 11.1 Å². The van der Waals surface area contributed by atoms with Gasteiger partial charge in [-0.25, -0.2) is 14.0 Å². The minimum atomic E-state index is -1.04. The molecule has 2 aromatic rings. The summed E-state index contributed by atoms with van der Waals surface area (Å²) < 4.78 is 18.5. The van der Waals surface area contributed by atoms with Gasteiger partial charge in [-0.1, -0.05) is 12.1 Å². The van der Waals surface area contributed by atoms with E-state index < -0.39 is 17.8 Å². The third-order valence-electron chi connectivity index (χ3n) is 2.78. The van der Waals surface area contributed by atoms with Gasteiger partial charge in [0.2, 0.25) is 0 Å². The Bertz CT molecular complexity index is 683. The number of aromatic carboxylic acids is 1. The van der Waals surface area contributed by atoms with Crippen LogP contribution in [0.15, 0.2) is 42.5 Å². The number of nitrogen functional groups attached to an aromatic ring is 1. The summed E-state index contributed by atoms with van der Waals surface area (Å²) in [5, 5.41) is 8.76. The van der Waals surface area contributed by atoms with Gasteiger partial charge in [0.15, 0.2) is 0 Å². The molecule has 0 aromatic heterocycles. The highest BCUT2D eigenvalue weighted by molar-refractivity contribution is 5.90. The Balaban J connectivity index is 2.02. The van der Waals surface area contributed by atoms with E-state index in [4.69, 9.17) is 15.6 Å². The first-order valence-corrected chi connectivity index (χ1v) is 6.02. The number of nitrogens with two attached hydrogens (primary N) is 1. The zero-order valence-corrected chi connectivity index (χ0v) is 10.9. The number of carboxylic acid groups (broad SMARTS) is 1. The molecule has 0 aliphatic heterocycles. The van der Waals surface area contributed by atoms with Gasteiger partial charge < -0.3 is 15.6 Å². The van der Waals surface area contributed by atoms with Crippen LogP contribution in [0, 0.1) is 5.82 Å². The van der Waals surface area contributed by atoms with Crippen LogP contribution >= 0.6 is 0 Å². The second-order valence-corrected chi connectivity index (χ2v) is 4.32. The molecule has 21 heavy (non-hydrogen) atoms. The molecule has 2 aromatic carbocycles. The second kappa shape index (κ2) is 6.04. The minimum absolute atomic E-state index is 0.0808. The van der Waals surface area contributed by atoms with Crippen LogP contribution in [0.5, 0.6) is 0 Å². The van der Waals surface area contributed by atoms with Gasteiger partial charge in [-0.3, -0.25) is 0 Å². The van der Waals surface area contributed by atoms with E-state index >= 15 is 0 Å². The van der Waals surface area contributed by atoms with Crippen molar-refractivity contribution < 1.29 is 23.8 Å². The monoisotopic (exact) mass is 289 g/mol. The Hall–Kier alpha value is -2.89. The first kappa shape index (κ1) is 14.5. The van der Waals surface area contributed by atoms with Crippen molar-refractivity contribution in [3.8, 4) is 0 Å². The fraction of sp³-hybridized carbons (Fsp3) is 0.0667. The molecule has 0 radical (unpaired) electrons. The van der Waals surface area contributed by atoms with E-state index in [1.165, 1.54) is 36.4 Å². The molecule has 3 N–H and O–H groups in total. The molecule has 0 spiro atoms. The largest absolute Gasteiger partial charge is 0.478 e. The molecule has 6 heteroatoms. The molecule has 0 fully saturated rings. The maximum absolute atomic E-state index is 13.5. The SMILES string of the molecule is Nc1ccc(C(=O)OCc2ccc(C(=O)O)cc2)c(F)c1. The van der Waals surface area contributed by atoms with Gasteiger partial charge in [0.1, 0.15) is 12.4 Å². The van der Waals surface area contributed by atoms with Crippen molar-refractivity contribution in [1.82, 2.24) is 0 Å². The van der Waals surface area contributed by atoms with Gasteiger partial charge in [-0.15, -0.1) is 0 Å². The van der Waals surface area contributed by atoms with E-state index in [1.807, 2.05) is 0 Å². The number of esters is 1. The lowest BCUT2D eigenvalue weighted by Gasteiger charge is -2.06. The third-order valence-corrected chi connectivity index (χ3v) is 2.78. The zero-order valence-electron chi connectivity index (χ0n) is 10.9. The molecule has 0 atom stereocenters. The number of carbonyl (C=O) groups excluding carboxylic acids is 1. The number of anilines is 1. The number of hydrogen-bond acceptors (Lipinski definition) is 4. The van der Waals surface area contributed by atoms with Crippen LogP contribution in [0.25, 0.3) is 0 Å². The molecule has 108 valence electrons. The molecule has 0 aliphatic rings. The number of carbonyl (C=O) groups is 2. The maximum atomic E-state index is 13.5. The lowest BCUT2D eigenvalue weighted by atomic mass is 10.1. The summed E-state index contributed by atoms with van der Waals surface area (Å²) >= 11 is 0. The maximum Gasteiger partial charge on any atom is 0.341 e. The van der Waals surface area contributed by atoms with Gasteiger partial charge in [-0.05, 0) is 35.9 Å². The quantitative estimate of drug-likeness (QED) is 0.666. The van der Waals surface area contributed by atoms with Crippen molar-refractivity contribution in [2.24, 2.45) is 0 Å². The summed E-state index contributed by atoms with van der Waals surface area (Å²) in [6, 6.07) is 9.54. The standard InChI is InChI=1S/C15H12FNO4/c16-13-7-11(17)5-6-12(13)15(20)21-8-9-1-3-10(4-2-9)14(18)19/h1-7H,8,17H2,(H,18,19). The van der Waals surface area contributed by atoms with E-state index in [9.17, 15) is 14.0 Å². The van der Waals surface area contributed by atoms with Crippen molar-refractivity contribution >= 4 is 17.6 Å². The molecule has 0 saturated heterocycles. The van der Waals surface area contributed by atoms with Crippen molar-refractivity contribution in [3.05, 3.63) is 65.0 Å². The van der Waals surface area contributed by atoms with Gasteiger partial charge in [0, 0.05) is 5.69 Å². The Morgan fingerprint density at radius 1 is 1.14 bits per heavy atom. The van der Waals surface area contributed by atoms with E-state index in [0.29, 0.717) is 5.56 Å². The van der Waals surface area contributed by atoms with Gasteiger partial charge >= 0.3 is 11.9 Å². The minimum Gasteiger partial charge on any atom is -0.478 e. The lowest BCUT2D eigenvalue weighted by Crippen LogP contribution is -2.08. The highest BCUT2D eigenvalue weighted by Crippen LogP contribution is 2.14. The Labute approximate surface area is 119 Å². The second-order valence-electron chi connectivity index (χ2n) is 4.32. The van der Waals surface area contributed by atoms with E-state index in [1.54, 1.807) is 0 Å². The summed E-state index contributed by atoms with van der Waals surface area (Å²) in [4.78, 5) is 22.4. The number of hydrogen-bond donors (Lipinski definition) is 2. The normalized spacial score (nSPS) is 10.1. The van der Waals surface area contributed by atoms with Crippen LogP contribution in [0.2, 0.25) is 0 Å². The molecule has 0 saturated carbocycles. The molecule has 2 rings (SSSR count). The molecule has 5 nitrogen and oxygen atoms in total. The number of halogens is 1. The Morgan fingerprint density at radius 3 is 2.38 bits per heavy atom. The summed E-state index contributed by atoms with van der Waals surface area (Å²) in [7, 11) is 0. The average molecular weight is 289 g/mol. The number of ether oxygens (including phenoxy) is 1. The predicted molar refractivity (Wildman–Crippen MR) is 73.3 cm³/mol. The highest BCUT2D eigenvalue weighted by Gasteiger charge is 2.13. The van der Waals surface area contributed by atoms with E-state index in [2.05, 4.69) is 0 Å². The third kappa shape index (κ3) is 3.56. The summed E-state index contributed by atoms with van der Waals surface area (Å²) in [5.41, 5.74) is 6.14. The van der Waals surface area contributed by atoms with Crippen molar-refractivity contribution in [2.75, 3.05) is 5.73 Å². The first-order chi connectivity index (χ1) is 9.97. The predicted octanol–water partition coefficient (Wildman–Crippen LogP) is 2.46. The fourth-order valence-corrected chi connectivity index (χ4v) is 1.67. The number of rotatable bonds is 4. The van der Waals surface area contributed by atoms with Gasteiger partial charge in [0.25, 0.3) is 0 Å². The van der Waals surface area contributed by atoms with Crippen molar-refractivity contribution in [1.29, 1.82) is 0 Å². The molecule has 0 bridgehead atoms. The number of carboxylic acids is 1. The van der Waals surface area contributed by atoms with Crippen LogP contribution in [0.4, 0.5) is 10.1 Å². The fourth-order valence-electron chi connectivity index (χ4n) is 1.67. The summed E-state index contributed by atoms with van der Waals surface area (Å²) in [5.74, 6) is -2.60. The Kier molecular flexibility index (Phi) is 4.18. The molecule has 0 aliphatic carbocycles. The van der Waals surface area contributed by atoms with Gasteiger partial charge in [-0.2, -0.15) is 0 Å². The van der Waals surface area contributed by atoms with Crippen LogP contribution in [0.3, 0.4) is 0 Å². The van der Waals surface area contributed by atoms with Crippen LogP contribution in [-0.4, -0.2) is 17.0 Å². The highest BCUT2D eigenvalue weighted by atomic mass is 19.1. The first-order valence-electron chi connectivity index (χ1n) is 6.02. The summed E-state index contributed by atoms with van der Waals surface area (Å²) in [6.45, 7) is -0.0808. The smallest absolute Gasteiger partial charge is 0.341 e. The lowest BCUT2D eigenvalue weighted by molar-refractivity contribution is 0.0466. The molecular weight excluding hydrogens is 277 g/mol.